The number of benzene rings is 3. The van der Waals surface area contributed by atoms with Crippen molar-refractivity contribution < 1.29 is 22.7 Å². The normalized spacial score (nSPS) is 12.0. The summed E-state index contributed by atoms with van der Waals surface area (Å²) in [5.74, 6) is -0.759. The van der Waals surface area contributed by atoms with E-state index in [1.807, 2.05) is 13.8 Å². The Morgan fingerprint density at radius 1 is 0.952 bits per heavy atom. The molecule has 12 heteroatoms. The van der Waals surface area contributed by atoms with E-state index in [4.69, 9.17) is 39.5 Å². The number of hydrogen-bond acceptors (Lipinski definition) is 5. The highest BCUT2D eigenvalue weighted by Crippen LogP contribution is 2.35. The van der Waals surface area contributed by atoms with Crippen LogP contribution in [0.1, 0.15) is 37.8 Å². The minimum absolute atomic E-state index is 0.0150. The molecule has 1 atom stereocenters. The lowest BCUT2D eigenvalue weighted by atomic mass is 10.1. The van der Waals surface area contributed by atoms with Gasteiger partial charge in [-0.05, 0) is 67.8 Å². The van der Waals surface area contributed by atoms with Crippen LogP contribution in [0.25, 0.3) is 0 Å². The molecule has 0 fully saturated rings. The second-order valence-corrected chi connectivity index (χ2v) is 12.7. The van der Waals surface area contributed by atoms with Gasteiger partial charge in [0.05, 0.1) is 27.7 Å². The number of nitrogens with one attached hydrogen (secondary N) is 1. The third kappa shape index (κ3) is 8.10. The highest BCUT2D eigenvalue weighted by atomic mass is 35.5. The summed E-state index contributed by atoms with van der Waals surface area (Å²) < 4.78 is 34.6. The van der Waals surface area contributed by atoms with E-state index in [0.29, 0.717) is 23.6 Å². The van der Waals surface area contributed by atoms with E-state index in [1.165, 1.54) is 36.3 Å². The number of carbonyl (C=O) groups excluding carboxylic acids is 2. The minimum atomic E-state index is -4.29. The molecule has 8 nitrogen and oxygen atoms in total. The molecule has 0 saturated carbocycles. The summed E-state index contributed by atoms with van der Waals surface area (Å²) in [5, 5.41) is 3.73. The molecular formula is C30H34Cl3N3O5S. The summed E-state index contributed by atoms with van der Waals surface area (Å²) in [7, 11) is -2.90. The van der Waals surface area contributed by atoms with E-state index >= 15 is 0 Å². The Hall–Kier alpha value is -2.98. The van der Waals surface area contributed by atoms with Gasteiger partial charge in [0, 0.05) is 18.1 Å². The van der Waals surface area contributed by atoms with Gasteiger partial charge in [0.1, 0.15) is 18.3 Å². The number of methoxy groups -OCH3 is 1. The molecule has 3 rings (SSSR count). The molecule has 2 amide bonds. The second-order valence-electron chi connectivity index (χ2n) is 9.63. The average Bonchev–Trinajstić information content (AvgIpc) is 2.96. The Bertz CT molecular complexity index is 1520. The van der Waals surface area contributed by atoms with Gasteiger partial charge in [-0.15, -0.1) is 0 Å². The van der Waals surface area contributed by atoms with Gasteiger partial charge in [-0.3, -0.25) is 13.9 Å². The summed E-state index contributed by atoms with van der Waals surface area (Å²) in [5.41, 5.74) is 1.57. The summed E-state index contributed by atoms with van der Waals surface area (Å²) in [4.78, 5) is 28.7. The van der Waals surface area contributed by atoms with E-state index in [-0.39, 0.29) is 45.3 Å². The highest BCUT2D eigenvalue weighted by Gasteiger charge is 2.35. The van der Waals surface area contributed by atoms with Crippen LogP contribution >= 0.6 is 34.8 Å². The van der Waals surface area contributed by atoms with Crippen molar-refractivity contribution in [2.75, 3.05) is 24.5 Å². The highest BCUT2D eigenvalue weighted by molar-refractivity contribution is 7.92. The van der Waals surface area contributed by atoms with Crippen molar-refractivity contribution in [2.45, 2.75) is 51.1 Å². The zero-order valence-electron chi connectivity index (χ0n) is 23.9. The van der Waals surface area contributed by atoms with E-state index in [2.05, 4.69) is 5.32 Å². The maximum Gasteiger partial charge on any atom is 0.264 e. The number of amides is 2. The van der Waals surface area contributed by atoms with Gasteiger partial charge >= 0.3 is 0 Å². The summed E-state index contributed by atoms with van der Waals surface area (Å²) in [6, 6.07) is 14.8. The lowest BCUT2D eigenvalue weighted by Crippen LogP contribution is -2.52. The Kier molecular flexibility index (Phi) is 11.9. The number of carbonyl (C=O) groups is 2. The number of rotatable bonds is 13. The number of hydrogen-bond donors (Lipinski definition) is 1. The fourth-order valence-corrected chi connectivity index (χ4v) is 6.23. The van der Waals surface area contributed by atoms with Gasteiger partial charge in [0.15, 0.2) is 0 Å². The monoisotopic (exact) mass is 653 g/mol. The molecule has 3 aromatic carbocycles. The SMILES string of the molecule is CCCNC(=O)C(CC)N(Cc1ccc(Cl)c(Cl)c1)C(=O)CN(c1cc(Cl)ccc1OC)S(=O)(=O)c1ccc(C)cc1. The first-order valence-electron chi connectivity index (χ1n) is 13.4. The van der Waals surface area contributed by atoms with Crippen molar-refractivity contribution in [2.24, 2.45) is 0 Å². The van der Waals surface area contributed by atoms with Crippen LogP contribution in [0, 0.1) is 6.92 Å². The largest absolute Gasteiger partial charge is 0.495 e. The van der Waals surface area contributed by atoms with E-state index in [9.17, 15) is 18.0 Å². The van der Waals surface area contributed by atoms with Crippen LogP contribution in [0.3, 0.4) is 0 Å². The van der Waals surface area contributed by atoms with Crippen LogP contribution < -0.4 is 14.4 Å². The summed E-state index contributed by atoms with van der Waals surface area (Å²) in [6.07, 6.45) is 0.994. The third-order valence-corrected chi connectivity index (χ3v) is 9.32. The van der Waals surface area contributed by atoms with Gasteiger partial charge in [0.2, 0.25) is 11.8 Å². The maximum absolute atomic E-state index is 14.2. The molecule has 42 heavy (non-hydrogen) atoms. The van der Waals surface area contributed by atoms with E-state index in [1.54, 1.807) is 43.3 Å². The van der Waals surface area contributed by atoms with Crippen LogP contribution in [-0.4, -0.2) is 51.4 Å². The molecule has 0 bridgehead atoms. The number of sulfonamides is 1. The Balaban J connectivity index is 2.13. The van der Waals surface area contributed by atoms with Crippen molar-refractivity contribution in [3.8, 4) is 5.75 Å². The molecule has 0 aliphatic carbocycles. The number of aryl methyl sites for hydroxylation is 1. The van der Waals surface area contributed by atoms with Gasteiger partial charge in [-0.25, -0.2) is 8.42 Å². The van der Waals surface area contributed by atoms with Crippen LogP contribution in [0.4, 0.5) is 5.69 Å². The molecule has 0 aliphatic heterocycles. The molecule has 1 N–H and O–H groups in total. The van der Waals surface area contributed by atoms with E-state index in [0.717, 1.165) is 9.87 Å². The zero-order chi connectivity index (χ0) is 31.0. The van der Waals surface area contributed by atoms with Gasteiger partial charge < -0.3 is 15.0 Å². The topological polar surface area (TPSA) is 96.0 Å². The Morgan fingerprint density at radius 3 is 2.24 bits per heavy atom. The first kappa shape index (κ1) is 33.5. The van der Waals surface area contributed by atoms with Crippen LogP contribution in [-0.2, 0) is 26.2 Å². The van der Waals surface area contributed by atoms with Crippen molar-refractivity contribution in [1.82, 2.24) is 10.2 Å². The number of halogens is 3. The van der Waals surface area contributed by atoms with Gasteiger partial charge in [-0.2, -0.15) is 0 Å². The molecule has 0 aromatic heterocycles. The smallest absolute Gasteiger partial charge is 0.264 e. The van der Waals surface area contributed by atoms with Crippen molar-refractivity contribution in [1.29, 1.82) is 0 Å². The van der Waals surface area contributed by atoms with E-state index < -0.39 is 28.5 Å². The predicted molar refractivity (Wildman–Crippen MR) is 168 cm³/mol. The molecule has 226 valence electrons. The van der Waals surface area contributed by atoms with Crippen LogP contribution in [0.15, 0.2) is 65.6 Å². The fraction of sp³-hybridized carbons (Fsp3) is 0.333. The first-order chi connectivity index (χ1) is 19.9. The van der Waals surface area contributed by atoms with Crippen molar-refractivity contribution in [3.63, 3.8) is 0 Å². The standard InChI is InChI=1S/C30H34Cl3N3O5S/c1-5-15-34-30(38)26(6-2)35(18-21-9-13-24(32)25(33)16-21)29(37)19-36(27-17-22(31)10-14-28(27)41-4)42(39,40)23-11-7-20(3)8-12-23/h7-14,16-17,26H,5-6,15,18-19H2,1-4H3,(H,34,38). The lowest BCUT2D eigenvalue weighted by Gasteiger charge is -2.33. The quantitative estimate of drug-likeness (QED) is 0.227. The Labute approximate surface area is 262 Å². The molecule has 1 unspecified atom stereocenters. The number of nitrogens with zero attached hydrogens (tertiary/aromatic N) is 2. The van der Waals surface area contributed by atoms with Gasteiger partial charge in [-0.1, -0.05) is 72.4 Å². The molecule has 0 spiro atoms. The van der Waals surface area contributed by atoms with Gasteiger partial charge in [0.25, 0.3) is 10.0 Å². The van der Waals surface area contributed by atoms with Crippen LogP contribution in [0.5, 0.6) is 5.75 Å². The lowest BCUT2D eigenvalue weighted by molar-refractivity contribution is -0.140. The minimum Gasteiger partial charge on any atom is -0.495 e. The maximum atomic E-state index is 14.2. The third-order valence-electron chi connectivity index (χ3n) is 6.57. The molecular weight excluding hydrogens is 621 g/mol. The predicted octanol–water partition coefficient (Wildman–Crippen LogP) is 6.49. The zero-order valence-corrected chi connectivity index (χ0v) is 26.9. The van der Waals surface area contributed by atoms with Crippen LogP contribution in [0.2, 0.25) is 15.1 Å². The summed E-state index contributed by atoms with van der Waals surface area (Å²) in [6.45, 7) is 5.33. The molecule has 3 aromatic rings. The molecule has 0 saturated heterocycles. The molecule has 0 heterocycles. The summed E-state index contributed by atoms with van der Waals surface area (Å²) >= 11 is 18.6. The number of anilines is 1. The molecule has 0 aliphatic rings. The fourth-order valence-electron chi connectivity index (χ4n) is 4.33. The average molecular weight is 655 g/mol. The second kappa shape index (κ2) is 15.0. The Morgan fingerprint density at radius 2 is 1.64 bits per heavy atom. The molecule has 0 radical (unpaired) electrons. The van der Waals surface area contributed by atoms with Crippen molar-refractivity contribution in [3.05, 3.63) is 86.9 Å². The first-order valence-corrected chi connectivity index (χ1v) is 15.9. The van der Waals surface area contributed by atoms with Crippen molar-refractivity contribution >= 4 is 62.3 Å². The number of ether oxygens (including phenoxy) is 1.